The van der Waals surface area contributed by atoms with Crippen molar-refractivity contribution in [1.82, 2.24) is 0 Å². The lowest BCUT2D eigenvalue weighted by molar-refractivity contribution is 0.0601. The zero-order valence-electron chi connectivity index (χ0n) is 14.5. The van der Waals surface area contributed by atoms with Gasteiger partial charge in [-0.2, -0.15) is 0 Å². The van der Waals surface area contributed by atoms with E-state index in [2.05, 4.69) is 9.73 Å². The molecule has 26 heavy (non-hydrogen) atoms. The van der Waals surface area contributed by atoms with Crippen molar-refractivity contribution in [1.29, 1.82) is 0 Å². The van der Waals surface area contributed by atoms with Crippen molar-refractivity contribution in [2.24, 2.45) is 4.99 Å². The van der Waals surface area contributed by atoms with Gasteiger partial charge in [-0.3, -0.25) is 4.99 Å². The predicted molar refractivity (Wildman–Crippen MR) is 102 cm³/mol. The molecule has 0 bridgehead atoms. The number of aliphatic imine (C=N–C) groups is 1. The van der Waals surface area contributed by atoms with Gasteiger partial charge in [-0.25, -0.2) is 4.79 Å². The van der Waals surface area contributed by atoms with Crippen LogP contribution in [0.3, 0.4) is 0 Å². The van der Waals surface area contributed by atoms with E-state index < -0.39 is 0 Å². The number of methoxy groups -OCH3 is 1. The number of benzene rings is 3. The van der Waals surface area contributed by atoms with Crippen LogP contribution in [0.2, 0.25) is 0 Å². The summed E-state index contributed by atoms with van der Waals surface area (Å²) in [5.41, 5.74) is 3.37. The number of carbonyl (C=O) groups excluding carboxylic acids is 1. The van der Waals surface area contributed by atoms with Crippen molar-refractivity contribution < 1.29 is 14.3 Å². The topological polar surface area (TPSA) is 47.9 Å². The van der Waals surface area contributed by atoms with Gasteiger partial charge in [0.1, 0.15) is 12.4 Å². The first-order valence-electron chi connectivity index (χ1n) is 8.24. The molecule has 0 amide bonds. The van der Waals surface area contributed by atoms with Crippen LogP contribution in [0.15, 0.2) is 83.9 Å². The summed E-state index contributed by atoms with van der Waals surface area (Å²) in [5.74, 6) is 0.458. The van der Waals surface area contributed by atoms with Crippen LogP contribution >= 0.6 is 0 Å². The number of carbonyl (C=O) groups is 1. The molecule has 0 aliphatic rings. The van der Waals surface area contributed by atoms with Crippen molar-refractivity contribution in [3.05, 3.63) is 95.6 Å². The molecule has 3 aromatic carbocycles. The Balaban J connectivity index is 1.58. The summed E-state index contributed by atoms with van der Waals surface area (Å²) in [6, 6.07) is 24.7. The maximum atomic E-state index is 11.4. The first kappa shape index (κ1) is 17.4. The van der Waals surface area contributed by atoms with Crippen LogP contribution in [0, 0.1) is 0 Å². The van der Waals surface area contributed by atoms with Gasteiger partial charge in [0.05, 0.1) is 18.4 Å². The molecular weight excluding hydrogens is 326 g/mol. The van der Waals surface area contributed by atoms with Gasteiger partial charge in [0, 0.05) is 6.21 Å². The molecule has 0 heterocycles. The maximum absolute atomic E-state index is 11.4. The Morgan fingerprint density at radius 1 is 0.923 bits per heavy atom. The smallest absolute Gasteiger partial charge is 0.337 e. The summed E-state index contributed by atoms with van der Waals surface area (Å²) in [4.78, 5) is 15.8. The third-order valence-electron chi connectivity index (χ3n) is 3.78. The number of nitrogens with zero attached hydrogens (tertiary/aromatic N) is 1. The molecule has 3 rings (SSSR count). The lowest BCUT2D eigenvalue weighted by atomic mass is 10.2. The fourth-order valence-corrected chi connectivity index (χ4v) is 2.34. The summed E-state index contributed by atoms with van der Waals surface area (Å²) >= 11 is 0. The first-order valence-corrected chi connectivity index (χ1v) is 8.24. The number of hydrogen-bond acceptors (Lipinski definition) is 4. The van der Waals surface area contributed by atoms with Crippen molar-refractivity contribution in [2.45, 2.75) is 6.61 Å². The summed E-state index contributed by atoms with van der Waals surface area (Å²) in [6.45, 7) is 0.542. The van der Waals surface area contributed by atoms with E-state index in [4.69, 9.17) is 4.74 Å². The second kappa shape index (κ2) is 8.62. The van der Waals surface area contributed by atoms with Crippen molar-refractivity contribution >= 4 is 17.9 Å². The Kier molecular flexibility index (Phi) is 5.78. The molecule has 0 saturated carbocycles. The van der Waals surface area contributed by atoms with Crippen LogP contribution in [-0.2, 0) is 11.3 Å². The number of hydrogen-bond donors (Lipinski definition) is 0. The van der Waals surface area contributed by atoms with E-state index in [-0.39, 0.29) is 5.97 Å². The highest BCUT2D eigenvalue weighted by atomic mass is 16.5. The highest BCUT2D eigenvalue weighted by Crippen LogP contribution is 2.16. The molecule has 0 aromatic heterocycles. The van der Waals surface area contributed by atoms with Gasteiger partial charge >= 0.3 is 5.97 Å². The highest BCUT2D eigenvalue weighted by Gasteiger charge is 2.03. The van der Waals surface area contributed by atoms with Crippen LogP contribution in [-0.4, -0.2) is 19.3 Å². The zero-order chi connectivity index (χ0) is 18.2. The van der Waals surface area contributed by atoms with Crippen molar-refractivity contribution in [3.8, 4) is 5.75 Å². The molecule has 3 aromatic rings. The summed E-state index contributed by atoms with van der Waals surface area (Å²) in [6.07, 6.45) is 1.77. The van der Waals surface area contributed by atoms with Crippen molar-refractivity contribution in [3.63, 3.8) is 0 Å². The van der Waals surface area contributed by atoms with Gasteiger partial charge < -0.3 is 9.47 Å². The molecule has 0 spiro atoms. The average Bonchev–Trinajstić information content (AvgIpc) is 2.72. The fourth-order valence-electron chi connectivity index (χ4n) is 2.34. The minimum absolute atomic E-state index is 0.355. The second-order valence-corrected chi connectivity index (χ2v) is 5.64. The average molecular weight is 345 g/mol. The molecule has 0 aliphatic heterocycles. The zero-order valence-corrected chi connectivity index (χ0v) is 14.5. The van der Waals surface area contributed by atoms with Gasteiger partial charge in [-0.05, 0) is 59.7 Å². The SMILES string of the molecule is COC(=O)c1ccc(N=Cc2ccc(OCc3ccccc3)cc2)cc1. The van der Waals surface area contributed by atoms with Crippen LogP contribution in [0.4, 0.5) is 5.69 Å². The van der Waals surface area contributed by atoms with Crippen LogP contribution in [0.1, 0.15) is 21.5 Å². The normalized spacial score (nSPS) is 10.7. The monoisotopic (exact) mass is 345 g/mol. The molecule has 0 aliphatic carbocycles. The maximum Gasteiger partial charge on any atom is 0.337 e. The fraction of sp³-hybridized carbons (Fsp3) is 0.0909. The van der Waals surface area contributed by atoms with E-state index in [1.807, 2.05) is 54.6 Å². The lowest BCUT2D eigenvalue weighted by Gasteiger charge is -2.06. The minimum atomic E-state index is -0.355. The third kappa shape index (κ3) is 4.80. The van der Waals surface area contributed by atoms with Gasteiger partial charge in [0.15, 0.2) is 0 Å². The van der Waals surface area contributed by atoms with Gasteiger partial charge in [-0.15, -0.1) is 0 Å². The van der Waals surface area contributed by atoms with Gasteiger partial charge in [-0.1, -0.05) is 30.3 Å². The quantitative estimate of drug-likeness (QED) is 0.476. The van der Waals surface area contributed by atoms with E-state index >= 15 is 0 Å². The molecule has 0 N–H and O–H groups in total. The Morgan fingerprint density at radius 2 is 1.62 bits per heavy atom. The molecule has 0 unspecified atom stereocenters. The van der Waals surface area contributed by atoms with Crippen LogP contribution in [0.5, 0.6) is 5.75 Å². The largest absolute Gasteiger partial charge is 0.489 e. The molecule has 4 heteroatoms. The molecule has 0 saturated heterocycles. The standard InChI is InChI=1S/C22H19NO3/c1-25-22(24)19-9-11-20(12-10-19)23-15-17-7-13-21(14-8-17)26-16-18-5-3-2-4-6-18/h2-15H,16H2,1H3. The molecular formula is C22H19NO3. The Bertz CT molecular complexity index is 870. The number of rotatable bonds is 6. The van der Waals surface area contributed by atoms with Crippen LogP contribution in [0.25, 0.3) is 0 Å². The van der Waals surface area contributed by atoms with Gasteiger partial charge in [0.25, 0.3) is 0 Å². The molecule has 130 valence electrons. The lowest BCUT2D eigenvalue weighted by Crippen LogP contribution is -1.99. The molecule has 0 atom stereocenters. The Hall–Kier alpha value is -3.40. The molecule has 0 fully saturated rings. The number of esters is 1. The summed E-state index contributed by atoms with van der Waals surface area (Å²) in [5, 5.41) is 0. The minimum Gasteiger partial charge on any atom is -0.489 e. The van der Waals surface area contributed by atoms with E-state index in [0.29, 0.717) is 12.2 Å². The van der Waals surface area contributed by atoms with E-state index in [1.165, 1.54) is 7.11 Å². The molecule has 4 nitrogen and oxygen atoms in total. The Morgan fingerprint density at radius 3 is 2.27 bits per heavy atom. The predicted octanol–water partition coefficient (Wildman–Crippen LogP) is 4.80. The third-order valence-corrected chi connectivity index (χ3v) is 3.78. The van der Waals surface area contributed by atoms with Gasteiger partial charge in [0.2, 0.25) is 0 Å². The van der Waals surface area contributed by atoms with E-state index in [9.17, 15) is 4.79 Å². The first-order chi connectivity index (χ1) is 12.7. The van der Waals surface area contributed by atoms with Crippen LogP contribution < -0.4 is 4.74 Å². The Labute approximate surface area is 152 Å². The van der Waals surface area contributed by atoms with E-state index in [1.54, 1.807) is 30.5 Å². The number of ether oxygens (including phenoxy) is 2. The summed E-state index contributed by atoms with van der Waals surface area (Å²) < 4.78 is 10.4. The molecule has 0 radical (unpaired) electrons. The second-order valence-electron chi connectivity index (χ2n) is 5.64. The highest BCUT2D eigenvalue weighted by molar-refractivity contribution is 5.90. The van der Waals surface area contributed by atoms with Crippen molar-refractivity contribution in [2.75, 3.05) is 7.11 Å². The summed E-state index contributed by atoms with van der Waals surface area (Å²) in [7, 11) is 1.36. The van der Waals surface area contributed by atoms with E-state index in [0.717, 1.165) is 22.6 Å².